The molecular formula is C24H30N5O3+. The molecule has 3 rings (SSSR count). The Kier molecular flexibility index (Phi) is 7.66. The second-order valence-electron chi connectivity index (χ2n) is 8.08. The number of ether oxygens (including phenoxy) is 1. The minimum absolute atomic E-state index is 0.0974. The van der Waals surface area contributed by atoms with E-state index in [1.165, 1.54) is 6.07 Å². The molecule has 0 bridgehead atoms. The van der Waals surface area contributed by atoms with E-state index in [4.69, 9.17) is 15.4 Å². The van der Waals surface area contributed by atoms with E-state index in [9.17, 15) is 10.0 Å². The van der Waals surface area contributed by atoms with Crippen LogP contribution in [-0.4, -0.2) is 29.5 Å². The largest absolute Gasteiger partial charge is 0.492 e. The van der Waals surface area contributed by atoms with Gasteiger partial charge in [0.1, 0.15) is 5.76 Å². The highest BCUT2D eigenvalue weighted by molar-refractivity contribution is 6.10. The maximum absolute atomic E-state index is 12.8. The molecule has 0 atom stereocenters. The smallest absolute Gasteiger partial charge is 0.325 e. The normalized spacial score (nSPS) is 21.9. The molecule has 32 heavy (non-hydrogen) atoms. The molecular weight excluding hydrogens is 406 g/mol. The number of nitrogens with zero attached hydrogens (tertiary/aromatic N) is 2. The summed E-state index contributed by atoms with van der Waals surface area (Å²) in [5.41, 5.74) is 1.97. The van der Waals surface area contributed by atoms with Gasteiger partial charge in [-0.15, -0.1) is 0 Å². The Labute approximate surface area is 188 Å². The van der Waals surface area contributed by atoms with Gasteiger partial charge in [-0.3, -0.25) is 10.0 Å². The number of nitriles is 1. The lowest BCUT2D eigenvalue weighted by molar-refractivity contribution is -0.909. The number of aromatic nitrogens is 1. The second kappa shape index (κ2) is 10.6. The van der Waals surface area contributed by atoms with Crippen LogP contribution in [0.2, 0.25) is 0 Å². The third kappa shape index (κ3) is 5.55. The highest BCUT2D eigenvalue weighted by Gasteiger charge is 2.26. The summed E-state index contributed by atoms with van der Waals surface area (Å²) in [4.78, 5) is 12.8. The number of rotatable bonds is 7. The Morgan fingerprint density at radius 3 is 2.78 bits per heavy atom. The maximum Gasteiger partial charge on any atom is 0.325 e. The highest BCUT2D eigenvalue weighted by Crippen LogP contribution is 2.27. The van der Waals surface area contributed by atoms with Crippen LogP contribution in [0.1, 0.15) is 55.2 Å². The average Bonchev–Trinajstić information content (AvgIpc) is 2.78. The Bertz CT molecular complexity index is 1010. The molecule has 1 saturated carbocycles. The lowest BCUT2D eigenvalue weighted by atomic mass is 9.84. The predicted octanol–water partition coefficient (Wildman–Crippen LogP) is 3.03. The molecule has 0 radical (unpaired) electrons. The fraction of sp³-hybridized carbons (Fsp3) is 0.417. The first-order valence-corrected chi connectivity index (χ1v) is 10.9. The van der Waals surface area contributed by atoms with Crippen LogP contribution < -0.4 is 15.4 Å². The molecule has 8 heteroatoms. The van der Waals surface area contributed by atoms with Crippen molar-refractivity contribution in [1.29, 1.82) is 10.7 Å². The van der Waals surface area contributed by atoms with E-state index in [1.807, 2.05) is 13.1 Å². The minimum atomic E-state index is -0.482. The summed E-state index contributed by atoms with van der Waals surface area (Å²) in [7, 11) is 0. The number of nitrogens with one attached hydrogen (secondary N) is 3. The van der Waals surface area contributed by atoms with Crippen LogP contribution in [-0.2, 0) is 4.74 Å². The number of hydrogen-bond donors (Lipinski definition) is 4. The van der Waals surface area contributed by atoms with Gasteiger partial charge in [0, 0.05) is 54.1 Å². The van der Waals surface area contributed by atoms with Gasteiger partial charge in [-0.1, -0.05) is 0 Å². The number of allylic oxidation sites excluding steroid dienone is 3. The van der Waals surface area contributed by atoms with Crippen LogP contribution in [0.15, 0.2) is 53.6 Å². The molecule has 1 fully saturated rings. The molecule has 168 valence electrons. The van der Waals surface area contributed by atoms with E-state index in [1.54, 1.807) is 31.2 Å². The van der Waals surface area contributed by atoms with Gasteiger partial charge in [0.15, 0.2) is 0 Å². The van der Waals surface area contributed by atoms with Crippen molar-refractivity contribution in [2.24, 2.45) is 5.92 Å². The number of hydrogen-bond acceptors (Lipinski definition) is 6. The number of aryl methyl sites for hydroxylation is 1. The zero-order chi connectivity index (χ0) is 23.1. The molecule has 1 aromatic rings. The molecule has 0 aromatic carbocycles. The molecule has 0 aliphatic heterocycles. The Morgan fingerprint density at radius 2 is 2.09 bits per heavy atom. The van der Waals surface area contributed by atoms with Crippen molar-refractivity contribution >= 4 is 11.6 Å². The van der Waals surface area contributed by atoms with Gasteiger partial charge >= 0.3 is 11.6 Å². The summed E-state index contributed by atoms with van der Waals surface area (Å²) >= 11 is 0. The predicted molar refractivity (Wildman–Crippen MR) is 119 cm³/mol. The minimum Gasteiger partial charge on any atom is -0.492 e. The van der Waals surface area contributed by atoms with Crippen molar-refractivity contribution < 1.29 is 19.5 Å². The van der Waals surface area contributed by atoms with Crippen LogP contribution >= 0.6 is 0 Å². The zero-order valence-electron chi connectivity index (χ0n) is 18.5. The maximum atomic E-state index is 12.8. The van der Waals surface area contributed by atoms with Gasteiger partial charge in [0.2, 0.25) is 5.69 Å². The molecule has 0 unspecified atom stereocenters. The molecule has 1 heterocycles. The van der Waals surface area contributed by atoms with Gasteiger partial charge in [-0.05, 0) is 50.7 Å². The van der Waals surface area contributed by atoms with Crippen LogP contribution in [0.3, 0.4) is 0 Å². The van der Waals surface area contributed by atoms with Crippen LogP contribution in [0, 0.1) is 29.6 Å². The van der Waals surface area contributed by atoms with Crippen molar-refractivity contribution in [3.8, 4) is 6.07 Å². The summed E-state index contributed by atoms with van der Waals surface area (Å²) in [5, 5.41) is 33.6. The molecule has 0 saturated heterocycles. The SMILES string of the molecule is CCOC1=CC(=N)/C(=C\N[C@H]2CC[C@H](CC#N)CC2)C=C1NC(=O)c1cccc(C)[n+]1O. The first-order chi connectivity index (χ1) is 15.4. The average molecular weight is 437 g/mol. The Hall–Kier alpha value is -3.60. The molecule has 8 nitrogen and oxygen atoms in total. The standard InChI is InChI=1S/C24H29N5O3/c1-3-32-23-14-20(26)18(15-27-19-9-7-17(8-10-19)11-12-25)13-21(23)28-24(30)22-6-4-5-16(2)29(22)31/h4-6,13-15,17,19,26,30-31H,3,7-11H2,1-2H3/p+1/t17-,19-. The summed E-state index contributed by atoms with van der Waals surface area (Å²) < 4.78 is 6.47. The van der Waals surface area contributed by atoms with Crippen molar-refractivity contribution in [1.82, 2.24) is 10.6 Å². The third-order valence-electron chi connectivity index (χ3n) is 5.79. The van der Waals surface area contributed by atoms with Crippen molar-refractivity contribution in [2.45, 2.75) is 52.0 Å². The number of carbonyl (C=O) groups excluding carboxylic acids is 1. The van der Waals surface area contributed by atoms with Gasteiger partial charge in [0.05, 0.1) is 24.1 Å². The van der Waals surface area contributed by atoms with E-state index in [0.717, 1.165) is 30.4 Å². The fourth-order valence-electron chi connectivity index (χ4n) is 3.93. The van der Waals surface area contributed by atoms with E-state index >= 15 is 0 Å². The number of amides is 1. The molecule has 2 aliphatic carbocycles. The Balaban J connectivity index is 1.74. The summed E-state index contributed by atoms with van der Waals surface area (Å²) in [6.07, 6.45) is 9.73. The van der Waals surface area contributed by atoms with E-state index in [0.29, 0.717) is 47.7 Å². The molecule has 2 aliphatic rings. The van der Waals surface area contributed by atoms with Gasteiger partial charge in [-0.2, -0.15) is 5.26 Å². The van der Waals surface area contributed by atoms with Gasteiger partial charge < -0.3 is 20.8 Å². The number of pyridine rings is 1. The molecule has 0 spiro atoms. The first kappa shape index (κ1) is 23.1. The monoisotopic (exact) mass is 436 g/mol. The lowest BCUT2D eigenvalue weighted by Crippen LogP contribution is -2.44. The topological polar surface area (TPSA) is 122 Å². The molecule has 4 N–H and O–H groups in total. The quantitative estimate of drug-likeness (QED) is 0.387. The summed E-state index contributed by atoms with van der Waals surface area (Å²) in [6, 6.07) is 7.48. The van der Waals surface area contributed by atoms with Crippen molar-refractivity contribution in [2.75, 3.05) is 6.61 Å². The first-order valence-electron chi connectivity index (χ1n) is 10.9. The van der Waals surface area contributed by atoms with Crippen LogP contribution in [0.4, 0.5) is 0 Å². The van der Waals surface area contributed by atoms with Crippen molar-refractivity contribution in [3.63, 3.8) is 0 Å². The summed E-state index contributed by atoms with van der Waals surface area (Å²) in [5.74, 6) is 0.398. The summed E-state index contributed by atoms with van der Waals surface area (Å²) in [6.45, 7) is 3.92. The van der Waals surface area contributed by atoms with E-state index in [-0.39, 0.29) is 11.4 Å². The van der Waals surface area contributed by atoms with Crippen LogP contribution in [0.25, 0.3) is 0 Å². The Morgan fingerprint density at radius 1 is 1.34 bits per heavy atom. The lowest BCUT2D eigenvalue weighted by Gasteiger charge is -2.27. The van der Waals surface area contributed by atoms with Gasteiger partial charge in [-0.25, -0.2) is 0 Å². The molecule has 1 amide bonds. The zero-order valence-corrected chi connectivity index (χ0v) is 18.5. The van der Waals surface area contributed by atoms with E-state index in [2.05, 4.69) is 16.7 Å². The van der Waals surface area contributed by atoms with Crippen LogP contribution in [0.5, 0.6) is 0 Å². The van der Waals surface area contributed by atoms with Gasteiger partial charge in [0.25, 0.3) is 0 Å². The second-order valence-corrected chi connectivity index (χ2v) is 8.08. The van der Waals surface area contributed by atoms with Crippen molar-refractivity contribution in [3.05, 3.63) is 65.0 Å². The third-order valence-corrected chi connectivity index (χ3v) is 5.79. The van der Waals surface area contributed by atoms with E-state index < -0.39 is 5.91 Å². The molecule has 1 aromatic heterocycles. The fourth-order valence-corrected chi connectivity index (χ4v) is 3.93. The number of carbonyl (C=O) groups is 1. The highest BCUT2D eigenvalue weighted by atomic mass is 16.5.